The van der Waals surface area contributed by atoms with Crippen LogP contribution in [0.2, 0.25) is 0 Å². The van der Waals surface area contributed by atoms with Gasteiger partial charge in [-0.05, 0) is 117 Å². The quantitative estimate of drug-likeness (QED) is 0.161. The second-order valence-corrected chi connectivity index (χ2v) is 16.7. The van der Waals surface area contributed by atoms with Crippen LogP contribution in [-0.4, -0.2) is 9.13 Å². The van der Waals surface area contributed by atoms with E-state index < -0.39 is 0 Å². The van der Waals surface area contributed by atoms with E-state index in [-0.39, 0.29) is 0 Å². The molecule has 0 radical (unpaired) electrons. The van der Waals surface area contributed by atoms with Crippen LogP contribution < -0.4 is 0 Å². The highest BCUT2D eigenvalue weighted by molar-refractivity contribution is 6.14. The first-order chi connectivity index (χ1) is 32.6. The third-order valence-corrected chi connectivity index (χ3v) is 13.0. The van der Waals surface area contributed by atoms with Crippen molar-refractivity contribution in [3.05, 3.63) is 242 Å². The van der Waals surface area contributed by atoms with Crippen molar-refractivity contribution in [2.45, 2.75) is 0 Å². The highest BCUT2D eigenvalue weighted by Crippen LogP contribution is 2.44. The molecule has 4 nitrogen and oxygen atoms in total. The lowest BCUT2D eigenvalue weighted by atomic mass is 9.96. The SMILES string of the molecule is N#Cc1ccc(-n2c3ccc(-c4ccccc4)cc3c3cc(-c4ccccc4)ccc32)c(-c2cccc(C#N)c2-n2c3ccc(-c4ccccc4)cc3c3cc(-c4ccccc4)ccc32)c1. The Morgan fingerprint density at radius 1 is 0.288 bits per heavy atom. The van der Waals surface area contributed by atoms with Gasteiger partial charge in [-0.15, -0.1) is 0 Å². The Morgan fingerprint density at radius 3 is 1.06 bits per heavy atom. The summed E-state index contributed by atoms with van der Waals surface area (Å²) in [7, 11) is 0. The molecule has 0 aliphatic heterocycles. The molecule has 0 fully saturated rings. The largest absolute Gasteiger partial charge is 0.309 e. The van der Waals surface area contributed by atoms with Crippen molar-refractivity contribution in [3.8, 4) is 79.1 Å². The van der Waals surface area contributed by atoms with Gasteiger partial charge in [-0.25, -0.2) is 0 Å². The fourth-order valence-corrected chi connectivity index (χ4v) is 9.90. The van der Waals surface area contributed by atoms with Crippen molar-refractivity contribution in [3.63, 3.8) is 0 Å². The van der Waals surface area contributed by atoms with E-state index in [1.807, 2.05) is 48.5 Å². The van der Waals surface area contributed by atoms with Crippen molar-refractivity contribution >= 4 is 43.6 Å². The number of rotatable bonds is 7. The number of benzene rings is 10. The van der Waals surface area contributed by atoms with Crippen LogP contribution in [0.3, 0.4) is 0 Å². The van der Waals surface area contributed by atoms with Crippen LogP contribution in [0.1, 0.15) is 11.1 Å². The molecule has 0 amide bonds. The molecular formula is C62H38N4. The summed E-state index contributed by atoms with van der Waals surface area (Å²) in [5.74, 6) is 0. The van der Waals surface area contributed by atoms with Gasteiger partial charge in [-0.2, -0.15) is 10.5 Å². The van der Waals surface area contributed by atoms with E-state index >= 15 is 0 Å². The number of hydrogen-bond acceptors (Lipinski definition) is 2. The van der Waals surface area contributed by atoms with Crippen LogP contribution in [0, 0.1) is 22.7 Å². The fourth-order valence-electron chi connectivity index (χ4n) is 9.90. The molecule has 306 valence electrons. The predicted octanol–water partition coefficient (Wildman–Crippen LogP) is 16.0. The number of fused-ring (bicyclic) bond motifs is 6. The lowest BCUT2D eigenvalue weighted by Crippen LogP contribution is -2.04. The summed E-state index contributed by atoms with van der Waals surface area (Å²) in [4.78, 5) is 0. The lowest BCUT2D eigenvalue weighted by Gasteiger charge is -2.20. The molecule has 0 aliphatic rings. The van der Waals surface area contributed by atoms with Crippen molar-refractivity contribution in [1.29, 1.82) is 10.5 Å². The zero-order valence-electron chi connectivity index (χ0n) is 35.7. The maximum Gasteiger partial charge on any atom is 0.101 e. The van der Waals surface area contributed by atoms with Crippen LogP contribution in [0.15, 0.2) is 231 Å². The van der Waals surface area contributed by atoms with Crippen LogP contribution >= 0.6 is 0 Å². The Kier molecular flexibility index (Phi) is 9.23. The van der Waals surface area contributed by atoms with Crippen molar-refractivity contribution in [2.24, 2.45) is 0 Å². The second kappa shape index (κ2) is 15.8. The monoisotopic (exact) mass is 838 g/mol. The predicted molar refractivity (Wildman–Crippen MR) is 272 cm³/mol. The zero-order chi connectivity index (χ0) is 44.1. The molecule has 0 N–H and O–H groups in total. The van der Waals surface area contributed by atoms with Gasteiger partial charge in [-0.1, -0.05) is 158 Å². The number of nitrogens with zero attached hydrogens (tertiary/aromatic N) is 4. The molecule has 0 spiro atoms. The summed E-state index contributed by atoms with van der Waals surface area (Å²) in [5, 5.41) is 26.0. The molecule has 10 aromatic carbocycles. The van der Waals surface area contributed by atoms with E-state index in [1.165, 1.54) is 0 Å². The molecule has 4 heteroatoms. The Morgan fingerprint density at radius 2 is 0.682 bits per heavy atom. The molecule has 0 bridgehead atoms. The van der Waals surface area contributed by atoms with Crippen molar-refractivity contribution < 1.29 is 0 Å². The van der Waals surface area contributed by atoms with E-state index in [0.717, 1.165) is 111 Å². The Labute approximate surface area is 382 Å². The molecule has 12 rings (SSSR count). The topological polar surface area (TPSA) is 57.4 Å². The summed E-state index contributed by atoms with van der Waals surface area (Å²) in [5.41, 5.74) is 17.5. The molecule has 0 saturated heterocycles. The zero-order valence-corrected chi connectivity index (χ0v) is 35.7. The van der Waals surface area contributed by atoms with Crippen LogP contribution in [0.4, 0.5) is 0 Å². The Hall–Kier alpha value is -9.22. The minimum atomic E-state index is 0.529. The average molecular weight is 839 g/mol. The van der Waals surface area contributed by atoms with Crippen molar-refractivity contribution in [2.75, 3.05) is 0 Å². The number of hydrogen-bond donors (Lipinski definition) is 0. The highest BCUT2D eigenvalue weighted by atomic mass is 15.0. The Balaban J connectivity index is 1.15. The van der Waals surface area contributed by atoms with Gasteiger partial charge in [0.25, 0.3) is 0 Å². The smallest absolute Gasteiger partial charge is 0.101 e. The molecule has 0 aliphatic carbocycles. The average Bonchev–Trinajstić information content (AvgIpc) is 3.90. The van der Waals surface area contributed by atoms with Gasteiger partial charge in [0.1, 0.15) is 6.07 Å². The van der Waals surface area contributed by atoms with E-state index in [1.54, 1.807) is 0 Å². The standard InChI is InChI=1S/C62H38N4/c63-39-41-24-29-57(65-58-30-25-46(42-14-5-1-6-15-42)35-53(58)54-36-47(26-31-59(54)65)43-16-7-2-8-17-43)52(34-41)51-23-13-22-50(40-64)62(51)66-60-32-27-48(44-18-9-3-10-19-44)37-55(60)56-38-49(28-33-61(56)66)45-20-11-4-12-21-45/h1-38H. The van der Waals surface area contributed by atoms with Crippen LogP contribution in [0.25, 0.3) is 111 Å². The lowest BCUT2D eigenvalue weighted by molar-refractivity contribution is 1.15. The van der Waals surface area contributed by atoms with Gasteiger partial charge in [0.2, 0.25) is 0 Å². The third-order valence-electron chi connectivity index (χ3n) is 13.0. The first-order valence-corrected chi connectivity index (χ1v) is 22.1. The fraction of sp³-hybridized carbons (Fsp3) is 0. The maximum absolute atomic E-state index is 11.1. The van der Waals surface area contributed by atoms with Gasteiger partial charge in [0.05, 0.1) is 50.6 Å². The number of aromatic nitrogens is 2. The molecule has 66 heavy (non-hydrogen) atoms. The molecule has 0 saturated carbocycles. The van der Waals surface area contributed by atoms with E-state index in [9.17, 15) is 10.5 Å². The first-order valence-electron chi connectivity index (χ1n) is 22.1. The third kappa shape index (κ3) is 6.36. The van der Waals surface area contributed by atoms with E-state index in [0.29, 0.717) is 11.1 Å². The molecule has 0 atom stereocenters. The van der Waals surface area contributed by atoms with Gasteiger partial charge < -0.3 is 9.13 Å². The summed E-state index contributed by atoms with van der Waals surface area (Å²) < 4.78 is 4.59. The van der Waals surface area contributed by atoms with Gasteiger partial charge in [0, 0.05) is 32.7 Å². The number of para-hydroxylation sites is 1. The van der Waals surface area contributed by atoms with Crippen LogP contribution in [0.5, 0.6) is 0 Å². The van der Waals surface area contributed by atoms with E-state index in [2.05, 4.69) is 203 Å². The minimum Gasteiger partial charge on any atom is -0.309 e. The number of nitriles is 2. The summed E-state index contributed by atoms with van der Waals surface area (Å²) in [6, 6.07) is 85.6. The first kappa shape index (κ1) is 38.5. The normalized spacial score (nSPS) is 11.3. The molecule has 2 heterocycles. The summed E-state index contributed by atoms with van der Waals surface area (Å²) in [6.07, 6.45) is 0. The highest BCUT2D eigenvalue weighted by Gasteiger charge is 2.24. The van der Waals surface area contributed by atoms with Gasteiger partial charge >= 0.3 is 0 Å². The summed E-state index contributed by atoms with van der Waals surface area (Å²) in [6.45, 7) is 0. The molecular weight excluding hydrogens is 801 g/mol. The Bertz CT molecular complexity index is 3730. The molecule has 2 aromatic heterocycles. The van der Waals surface area contributed by atoms with Crippen molar-refractivity contribution in [1.82, 2.24) is 9.13 Å². The van der Waals surface area contributed by atoms with E-state index in [4.69, 9.17) is 0 Å². The molecule has 0 unspecified atom stereocenters. The second-order valence-electron chi connectivity index (χ2n) is 16.7. The minimum absolute atomic E-state index is 0.529. The van der Waals surface area contributed by atoms with Gasteiger partial charge in [0.15, 0.2) is 0 Å². The molecule has 12 aromatic rings. The van der Waals surface area contributed by atoms with Crippen LogP contribution in [-0.2, 0) is 0 Å². The maximum atomic E-state index is 11.1. The van der Waals surface area contributed by atoms with Gasteiger partial charge in [-0.3, -0.25) is 0 Å². The summed E-state index contributed by atoms with van der Waals surface area (Å²) >= 11 is 0.